The molecule has 0 N–H and O–H groups in total. The maximum absolute atomic E-state index is 13.0. The Morgan fingerprint density at radius 1 is 0.909 bits per heavy atom. The molecule has 0 saturated carbocycles. The fourth-order valence-electron chi connectivity index (χ4n) is 4.16. The van der Waals surface area contributed by atoms with Crippen molar-refractivity contribution >= 4 is 16.9 Å². The van der Waals surface area contributed by atoms with Crippen molar-refractivity contribution < 1.29 is 9.47 Å². The monoisotopic (exact) mass is 445 g/mol. The first-order valence-electron chi connectivity index (χ1n) is 10.4. The number of rotatable bonds is 5. The van der Waals surface area contributed by atoms with Crippen molar-refractivity contribution in [3.8, 4) is 22.8 Å². The van der Waals surface area contributed by atoms with Gasteiger partial charge in [-0.05, 0) is 23.8 Å². The molecule has 0 fully saturated rings. The molecule has 0 unspecified atom stereocenters. The molecule has 0 aliphatic rings. The molecule has 0 radical (unpaired) electrons. The fourth-order valence-corrected chi connectivity index (χ4v) is 4.16. The molecule has 5 rings (SSSR count). The van der Waals surface area contributed by atoms with Crippen molar-refractivity contribution in [3.63, 3.8) is 0 Å². The molecule has 33 heavy (non-hydrogen) atoms. The summed E-state index contributed by atoms with van der Waals surface area (Å²) in [5, 5.41) is 0. The lowest BCUT2D eigenvalue weighted by atomic mass is 10.1. The Bertz CT molecular complexity index is 1620. The second-order valence-electron chi connectivity index (χ2n) is 7.82. The molecule has 0 atom stereocenters. The van der Waals surface area contributed by atoms with Crippen molar-refractivity contribution in [1.29, 1.82) is 0 Å². The van der Waals surface area contributed by atoms with Gasteiger partial charge in [0.1, 0.15) is 0 Å². The maximum atomic E-state index is 13.0. The van der Waals surface area contributed by atoms with Gasteiger partial charge in [-0.15, -0.1) is 0 Å². The Balaban J connectivity index is 1.84. The fraction of sp³-hybridized carbons (Fsp3) is 0.208. The predicted molar refractivity (Wildman–Crippen MR) is 125 cm³/mol. The standard InChI is InChI=1S/C24H23N5O4/c1-26-21-20(22(30)27(2)24(26)31)29-14-17(16-10-11-18(32-3)19(12-16)33-4)28(23(29)25-21)13-15-8-6-5-7-9-15/h5-12,14H,13H2,1-4H3. The highest BCUT2D eigenvalue weighted by Gasteiger charge is 2.21. The van der Waals surface area contributed by atoms with Crippen molar-refractivity contribution in [3.05, 3.63) is 81.1 Å². The van der Waals surface area contributed by atoms with E-state index in [1.165, 1.54) is 11.6 Å². The van der Waals surface area contributed by atoms with E-state index in [0.717, 1.165) is 21.4 Å². The van der Waals surface area contributed by atoms with Gasteiger partial charge in [-0.3, -0.25) is 18.3 Å². The zero-order valence-electron chi connectivity index (χ0n) is 18.8. The largest absolute Gasteiger partial charge is 0.493 e. The number of ether oxygens (including phenoxy) is 2. The summed E-state index contributed by atoms with van der Waals surface area (Å²) in [6.07, 6.45) is 1.88. The first-order chi connectivity index (χ1) is 15.9. The molecule has 2 aromatic carbocycles. The van der Waals surface area contributed by atoms with Crippen molar-refractivity contribution in [2.75, 3.05) is 14.2 Å². The molecule has 0 aliphatic carbocycles. The molecule has 0 amide bonds. The Labute approximate surface area is 188 Å². The highest BCUT2D eigenvalue weighted by Crippen LogP contribution is 2.34. The van der Waals surface area contributed by atoms with Crippen LogP contribution in [0.1, 0.15) is 5.56 Å². The van der Waals surface area contributed by atoms with E-state index in [1.54, 1.807) is 25.7 Å². The molecule has 3 aromatic heterocycles. The Morgan fingerprint density at radius 2 is 1.64 bits per heavy atom. The van der Waals surface area contributed by atoms with Crippen LogP contribution in [-0.2, 0) is 20.6 Å². The van der Waals surface area contributed by atoms with Crippen LogP contribution in [0.4, 0.5) is 0 Å². The van der Waals surface area contributed by atoms with Crippen molar-refractivity contribution in [2.45, 2.75) is 6.54 Å². The van der Waals surface area contributed by atoms with Crippen LogP contribution >= 0.6 is 0 Å². The van der Waals surface area contributed by atoms with Gasteiger partial charge in [-0.2, -0.15) is 4.98 Å². The van der Waals surface area contributed by atoms with Gasteiger partial charge < -0.3 is 14.0 Å². The SMILES string of the molecule is COc1ccc(-c2cn3c4c(=O)n(C)c(=O)n(C)c4nc3n2Cc2ccccc2)cc1OC. The highest BCUT2D eigenvalue weighted by atomic mass is 16.5. The number of hydrogen-bond acceptors (Lipinski definition) is 5. The third-order valence-electron chi connectivity index (χ3n) is 5.92. The molecular weight excluding hydrogens is 422 g/mol. The van der Waals surface area contributed by atoms with E-state index >= 15 is 0 Å². The summed E-state index contributed by atoms with van der Waals surface area (Å²) in [5.74, 6) is 1.79. The van der Waals surface area contributed by atoms with E-state index in [0.29, 0.717) is 35.0 Å². The Hall–Kier alpha value is -4.27. The smallest absolute Gasteiger partial charge is 0.332 e. The van der Waals surface area contributed by atoms with Gasteiger partial charge in [0.15, 0.2) is 22.7 Å². The Kier molecular flexibility index (Phi) is 4.81. The minimum atomic E-state index is -0.414. The topological polar surface area (TPSA) is 84.7 Å². The van der Waals surface area contributed by atoms with E-state index in [1.807, 2.05) is 59.3 Å². The summed E-state index contributed by atoms with van der Waals surface area (Å²) in [7, 11) is 6.28. The molecule has 9 heteroatoms. The van der Waals surface area contributed by atoms with Crippen LogP contribution in [0.25, 0.3) is 28.2 Å². The molecule has 0 bridgehead atoms. The summed E-state index contributed by atoms with van der Waals surface area (Å²) in [6, 6.07) is 15.7. The highest BCUT2D eigenvalue weighted by molar-refractivity contribution is 5.78. The summed E-state index contributed by atoms with van der Waals surface area (Å²) in [6.45, 7) is 0.526. The quantitative estimate of drug-likeness (QED) is 0.415. The van der Waals surface area contributed by atoms with Crippen LogP contribution in [0.3, 0.4) is 0 Å². The van der Waals surface area contributed by atoms with Crippen LogP contribution in [0.15, 0.2) is 64.3 Å². The van der Waals surface area contributed by atoms with Gasteiger partial charge in [-0.1, -0.05) is 30.3 Å². The van der Waals surface area contributed by atoms with E-state index in [-0.39, 0.29) is 0 Å². The molecule has 168 valence electrons. The van der Waals surface area contributed by atoms with Gasteiger partial charge in [0.2, 0.25) is 5.78 Å². The van der Waals surface area contributed by atoms with Crippen LogP contribution in [0.5, 0.6) is 11.5 Å². The van der Waals surface area contributed by atoms with E-state index in [2.05, 4.69) is 0 Å². The van der Waals surface area contributed by atoms with Crippen LogP contribution in [0.2, 0.25) is 0 Å². The lowest BCUT2D eigenvalue weighted by molar-refractivity contribution is 0.355. The van der Waals surface area contributed by atoms with E-state index in [4.69, 9.17) is 14.5 Å². The minimum Gasteiger partial charge on any atom is -0.493 e. The number of fused-ring (bicyclic) bond motifs is 3. The average Bonchev–Trinajstić information content (AvgIpc) is 3.38. The van der Waals surface area contributed by atoms with Gasteiger partial charge in [0.25, 0.3) is 5.56 Å². The molecule has 0 spiro atoms. The number of nitrogens with zero attached hydrogens (tertiary/aromatic N) is 5. The number of aromatic nitrogens is 5. The molecule has 5 aromatic rings. The first-order valence-corrected chi connectivity index (χ1v) is 10.4. The molecule has 0 saturated heterocycles. The van der Waals surface area contributed by atoms with Crippen LogP contribution < -0.4 is 20.7 Å². The van der Waals surface area contributed by atoms with Crippen molar-refractivity contribution in [2.24, 2.45) is 14.1 Å². The molecular formula is C24H23N5O4. The average molecular weight is 445 g/mol. The maximum Gasteiger partial charge on any atom is 0.332 e. The van der Waals surface area contributed by atoms with E-state index in [9.17, 15) is 9.59 Å². The van der Waals surface area contributed by atoms with Crippen LogP contribution in [-0.4, -0.2) is 37.3 Å². The van der Waals surface area contributed by atoms with Gasteiger partial charge in [0.05, 0.1) is 26.5 Å². The van der Waals surface area contributed by atoms with Gasteiger partial charge >= 0.3 is 5.69 Å². The summed E-state index contributed by atoms with van der Waals surface area (Å²) in [5.41, 5.74) is 2.69. The number of methoxy groups -OCH3 is 2. The van der Waals surface area contributed by atoms with Gasteiger partial charge in [0, 0.05) is 25.9 Å². The minimum absolute atomic E-state index is 0.346. The zero-order valence-corrected chi connectivity index (χ0v) is 18.8. The third-order valence-corrected chi connectivity index (χ3v) is 5.92. The first kappa shape index (κ1) is 20.6. The van der Waals surface area contributed by atoms with Gasteiger partial charge in [-0.25, -0.2) is 4.79 Å². The predicted octanol–water partition coefficient (Wildman–Crippen LogP) is 2.42. The number of aryl methyl sites for hydroxylation is 1. The van der Waals surface area contributed by atoms with Crippen molar-refractivity contribution in [1.82, 2.24) is 23.1 Å². The number of benzene rings is 2. The summed E-state index contributed by atoms with van der Waals surface area (Å²) in [4.78, 5) is 30.2. The lowest BCUT2D eigenvalue weighted by Gasteiger charge is -2.12. The number of imidazole rings is 2. The normalized spacial score (nSPS) is 11.4. The summed E-state index contributed by atoms with van der Waals surface area (Å²) >= 11 is 0. The summed E-state index contributed by atoms with van der Waals surface area (Å²) < 4.78 is 17.2. The second-order valence-corrected chi connectivity index (χ2v) is 7.82. The zero-order chi connectivity index (χ0) is 23.3. The molecule has 3 heterocycles. The Morgan fingerprint density at radius 3 is 2.33 bits per heavy atom. The van der Waals surface area contributed by atoms with E-state index < -0.39 is 11.2 Å². The molecule has 9 nitrogen and oxygen atoms in total. The molecule has 0 aliphatic heterocycles. The lowest BCUT2D eigenvalue weighted by Crippen LogP contribution is -2.37. The number of hydrogen-bond donors (Lipinski definition) is 0. The third kappa shape index (κ3) is 3.12. The van der Waals surface area contributed by atoms with Crippen LogP contribution in [0, 0.1) is 0 Å². The second kappa shape index (κ2) is 7.70.